The molecular weight excluding hydrogens is 345 g/mol. The average Bonchev–Trinajstić information content (AvgIpc) is 3.24. The number of amides is 1. The zero-order chi connectivity index (χ0) is 19.1. The summed E-state index contributed by atoms with van der Waals surface area (Å²) in [4.78, 5) is 17.6. The molecule has 0 bridgehead atoms. The second-order valence-corrected chi connectivity index (χ2v) is 9.53. The Kier molecular flexibility index (Phi) is 5.74. The third-order valence-corrected chi connectivity index (χ3v) is 7.26. The summed E-state index contributed by atoms with van der Waals surface area (Å²) in [7, 11) is 4.22. The van der Waals surface area contributed by atoms with Crippen LogP contribution in [-0.2, 0) is 4.79 Å². The lowest BCUT2D eigenvalue weighted by Gasteiger charge is -2.38. The normalized spacial score (nSPS) is 44.9. The van der Waals surface area contributed by atoms with Crippen LogP contribution in [0.25, 0.3) is 0 Å². The number of nitrogens with zero attached hydrogens (tertiary/aromatic N) is 2. The fourth-order valence-corrected chi connectivity index (χ4v) is 5.82. The van der Waals surface area contributed by atoms with Crippen molar-refractivity contribution in [3.05, 3.63) is 0 Å². The Morgan fingerprint density at radius 3 is 2.81 bits per heavy atom. The van der Waals surface area contributed by atoms with Gasteiger partial charge < -0.3 is 20.9 Å². The quantitative estimate of drug-likeness (QED) is 0.664. The van der Waals surface area contributed by atoms with E-state index in [0.717, 1.165) is 38.9 Å². The van der Waals surface area contributed by atoms with Gasteiger partial charge in [0.1, 0.15) is 6.17 Å². The van der Waals surface area contributed by atoms with Crippen LogP contribution in [0.5, 0.6) is 0 Å². The average molecular weight is 382 g/mol. The highest BCUT2D eigenvalue weighted by atomic mass is 19.1. The van der Waals surface area contributed by atoms with E-state index in [1.165, 1.54) is 0 Å². The van der Waals surface area contributed by atoms with Crippen LogP contribution >= 0.6 is 0 Å². The van der Waals surface area contributed by atoms with E-state index in [1.807, 2.05) is 0 Å². The van der Waals surface area contributed by atoms with E-state index < -0.39 is 6.17 Å². The summed E-state index contributed by atoms with van der Waals surface area (Å²) in [6.07, 6.45) is 3.99. The maximum absolute atomic E-state index is 14.3. The number of hydrogen-bond acceptors (Lipinski definition) is 5. The second kappa shape index (κ2) is 7.93. The van der Waals surface area contributed by atoms with Crippen LogP contribution in [0.2, 0.25) is 0 Å². The third kappa shape index (κ3) is 4.02. The van der Waals surface area contributed by atoms with E-state index in [4.69, 9.17) is 0 Å². The lowest BCUT2D eigenvalue weighted by molar-refractivity contribution is -0.124. The first-order chi connectivity index (χ1) is 12.9. The van der Waals surface area contributed by atoms with Gasteiger partial charge in [0.15, 0.2) is 0 Å². The van der Waals surface area contributed by atoms with E-state index in [9.17, 15) is 9.18 Å². The Bertz CT molecular complexity index is 528. The van der Waals surface area contributed by atoms with Gasteiger partial charge in [-0.1, -0.05) is 6.92 Å². The van der Waals surface area contributed by atoms with Crippen molar-refractivity contribution in [1.82, 2.24) is 25.8 Å². The third-order valence-electron chi connectivity index (χ3n) is 7.26. The minimum Gasteiger partial charge on any atom is -0.351 e. The number of halogens is 1. The van der Waals surface area contributed by atoms with Crippen molar-refractivity contribution >= 4 is 5.91 Å². The van der Waals surface area contributed by atoms with E-state index in [2.05, 4.69) is 46.8 Å². The van der Waals surface area contributed by atoms with Gasteiger partial charge in [-0.3, -0.25) is 9.69 Å². The molecule has 4 fully saturated rings. The number of carbonyl (C=O) groups is 1. The van der Waals surface area contributed by atoms with Crippen LogP contribution in [0.4, 0.5) is 4.39 Å². The molecule has 0 spiro atoms. The molecule has 1 saturated carbocycles. The molecule has 8 atom stereocenters. The smallest absolute Gasteiger partial charge is 0.237 e. The summed E-state index contributed by atoms with van der Waals surface area (Å²) >= 11 is 0. The number of fused-ring (bicyclic) bond motifs is 2. The lowest BCUT2D eigenvalue weighted by atomic mass is 9.77. The Morgan fingerprint density at radius 2 is 2.07 bits per heavy atom. The summed E-state index contributed by atoms with van der Waals surface area (Å²) in [5, 5.41) is 10.4. The number of rotatable bonds is 4. The van der Waals surface area contributed by atoms with E-state index in [0.29, 0.717) is 31.0 Å². The first-order valence-electron chi connectivity index (χ1n) is 10.8. The van der Waals surface area contributed by atoms with E-state index >= 15 is 0 Å². The first-order valence-corrected chi connectivity index (χ1v) is 10.8. The fourth-order valence-electron chi connectivity index (χ4n) is 5.82. The number of carbonyl (C=O) groups excluding carboxylic acids is 1. The highest BCUT2D eigenvalue weighted by molar-refractivity contribution is 5.82. The van der Waals surface area contributed by atoms with E-state index in [-0.39, 0.29) is 30.0 Å². The molecule has 0 aromatic carbocycles. The van der Waals surface area contributed by atoms with E-state index in [1.54, 1.807) is 0 Å². The topological polar surface area (TPSA) is 59.6 Å². The SMILES string of the molecule is CC1CCC(F)C2CC(C(=O)NC3CCC4NCC(CN(C)C)N4C3)NC12. The van der Waals surface area contributed by atoms with Gasteiger partial charge in [-0.2, -0.15) is 0 Å². The van der Waals surface area contributed by atoms with Gasteiger partial charge in [0.25, 0.3) is 0 Å². The number of nitrogens with one attached hydrogen (secondary N) is 3. The van der Waals surface area contributed by atoms with Gasteiger partial charge in [-0.05, 0) is 52.1 Å². The molecule has 154 valence electrons. The minimum atomic E-state index is -0.755. The maximum atomic E-state index is 14.3. The van der Waals surface area contributed by atoms with Crippen LogP contribution < -0.4 is 16.0 Å². The molecule has 1 amide bonds. The molecule has 27 heavy (non-hydrogen) atoms. The molecule has 4 rings (SSSR count). The molecule has 3 N–H and O–H groups in total. The minimum absolute atomic E-state index is 0.00694. The molecule has 0 aromatic heterocycles. The summed E-state index contributed by atoms with van der Waals surface area (Å²) in [5.74, 6) is 0.536. The van der Waals surface area contributed by atoms with Gasteiger partial charge in [-0.25, -0.2) is 4.39 Å². The highest BCUT2D eigenvalue weighted by Gasteiger charge is 2.47. The van der Waals surface area contributed by atoms with Crippen molar-refractivity contribution < 1.29 is 9.18 Å². The largest absolute Gasteiger partial charge is 0.351 e. The molecule has 3 saturated heterocycles. The van der Waals surface area contributed by atoms with Crippen molar-refractivity contribution in [2.45, 2.75) is 75.5 Å². The molecule has 4 aliphatic rings. The number of hydrogen-bond donors (Lipinski definition) is 3. The Hall–Kier alpha value is -0.760. The molecule has 6 nitrogen and oxygen atoms in total. The van der Waals surface area contributed by atoms with Gasteiger partial charge in [0, 0.05) is 43.7 Å². The lowest BCUT2D eigenvalue weighted by Crippen LogP contribution is -2.56. The van der Waals surface area contributed by atoms with Crippen molar-refractivity contribution in [2.75, 3.05) is 33.7 Å². The maximum Gasteiger partial charge on any atom is 0.237 e. The molecular formula is C20H36FN5O. The van der Waals surface area contributed by atoms with Crippen LogP contribution in [0, 0.1) is 11.8 Å². The Labute approximate surface area is 162 Å². The van der Waals surface area contributed by atoms with Crippen LogP contribution in [0.3, 0.4) is 0 Å². The summed E-state index contributed by atoms with van der Waals surface area (Å²) < 4.78 is 14.3. The van der Waals surface area contributed by atoms with Crippen molar-refractivity contribution in [1.29, 1.82) is 0 Å². The second-order valence-electron chi connectivity index (χ2n) is 9.53. The van der Waals surface area contributed by atoms with Crippen molar-refractivity contribution in [3.63, 3.8) is 0 Å². The van der Waals surface area contributed by atoms with Gasteiger partial charge in [0.2, 0.25) is 5.91 Å². The fraction of sp³-hybridized carbons (Fsp3) is 0.950. The molecule has 0 radical (unpaired) electrons. The Morgan fingerprint density at radius 1 is 1.26 bits per heavy atom. The standard InChI is InChI=1S/C20H36FN5O/c1-12-4-6-16(21)15-8-17(24-19(12)15)20(27)23-13-5-7-18-22-9-14(11-25(2)3)26(18)10-13/h12-19,22,24H,4-11H2,1-3H3,(H,23,27). The number of likely N-dealkylation sites (N-methyl/N-ethyl adjacent to an activating group) is 1. The van der Waals surface area contributed by atoms with Gasteiger partial charge in [0.05, 0.1) is 12.2 Å². The monoisotopic (exact) mass is 381 g/mol. The molecule has 0 aromatic rings. The molecule has 3 aliphatic heterocycles. The first kappa shape index (κ1) is 19.6. The van der Waals surface area contributed by atoms with Gasteiger partial charge >= 0.3 is 0 Å². The number of piperidine rings is 1. The molecule has 7 heteroatoms. The predicted molar refractivity (Wildman–Crippen MR) is 104 cm³/mol. The molecule has 3 heterocycles. The summed E-state index contributed by atoms with van der Waals surface area (Å²) in [6.45, 7) is 5.15. The van der Waals surface area contributed by atoms with Crippen LogP contribution in [-0.4, -0.2) is 85.9 Å². The number of alkyl halides is 1. The molecule has 8 unspecified atom stereocenters. The Balaban J connectivity index is 1.32. The molecule has 1 aliphatic carbocycles. The highest BCUT2D eigenvalue weighted by Crippen LogP contribution is 2.38. The van der Waals surface area contributed by atoms with Crippen LogP contribution in [0.1, 0.15) is 39.0 Å². The van der Waals surface area contributed by atoms with Crippen molar-refractivity contribution in [2.24, 2.45) is 11.8 Å². The zero-order valence-corrected chi connectivity index (χ0v) is 17.0. The summed E-state index contributed by atoms with van der Waals surface area (Å²) in [5.41, 5.74) is 0. The van der Waals surface area contributed by atoms with Gasteiger partial charge in [-0.15, -0.1) is 0 Å². The predicted octanol–water partition coefficient (Wildman–Crippen LogP) is 0.541. The zero-order valence-electron chi connectivity index (χ0n) is 17.0. The van der Waals surface area contributed by atoms with Crippen LogP contribution in [0.15, 0.2) is 0 Å². The van der Waals surface area contributed by atoms with Crippen molar-refractivity contribution in [3.8, 4) is 0 Å². The summed E-state index contributed by atoms with van der Waals surface area (Å²) in [6, 6.07) is 0.630.